The first-order valence-electron chi connectivity index (χ1n) is 8.98. The molecular weight excluding hydrogens is 328 g/mol. The second-order valence-corrected chi connectivity index (χ2v) is 6.25. The fourth-order valence-electron chi connectivity index (χ4n) is 2.48. The molecule has 0 bridgehead atoms. The Morgan fingerprint density at radius 1 is 1.15 bits per heavy atom. The predicted octanol–water partition coefficient (Wildman–Crippen LogP) is 2.47. The molecule has 1 aromatic carbocycles. The maximum atomic E-state index is 12.7. The molecule has 1 heterocycles. The molecule has 2 aromatic rings. The third kappa shape index (κ3) is 6.27. The average Bonchev–Trinajstić information content (AvgIpc) is 2.69. The van der Waals surface area contributed by atoms with Gasteiger partial charge in [-0.2, -0.15) is 0 Å². The third-order valence-corrected chi connectivity index (χ3v) is 4.21. The Labute approximate surface area is 154 Å². The van der Waals surface area contributed by atoms with Crippen LogP contribution < -0.4 is 5.32 Å². The van der Waals surface area contributed by atoms with Crippen LogP contribution in [-0.2, 0) is 11.2 Å². The van der Waals surface area contributed by atoms with Crippen LogP contribution in [0.5, 0.6) is 0 Å². The summed E-state index contributed by atoms with van der Waals surface area (Å²) in [5.74, 6) is -0.249. The van der Waals surface area contributed by atoms with Crippen LogP contribution in [0.1, 0.15) is 42.7 Å². The molecule has 0 saturated carbocycles. The lowest BCUT2D eigenvalue weighted by molar-refractivity contribution is -0.121. The van der Waals surface area contributed by atoms with Crippen molar-refractivity contribution in [2.75, 3.05) is 13.1 Å². The topological polar surface area (TPSA) is 75.2 Å². The van der Waals surface area contributed by atoms with Crippen molar-refractivity contribution < 1.29 is 9.59 Å². The highest BCUT2D eigenvalue weighted by Gasteiger charge is 2.18. The first-order chi connectivity index (χ1) is 12.6. The van der Waals surface area contributed by atoms with Crippen molar-refractivity contribution in [2.24, 2.45) is 0 Å². The Morgan fingerprint density at radius 2 is 1.92 bits per heavy atom. The summed E-state index contributed by atoms with van der Waals surface area (Å²) in [5.41, 5.74) is 1.44. The summed E-state index contributed by atoms with van der Waals surface area (Å²) in [6, 6.07) is 10.1. The largest absolute Gasteiger partial charge is 0.354 e. The summed E-state index contributed by atoms with van der Waals surface area (Å²) in [6.07, 6.45) is 6.35. The van der Waals surface area contributed by atoms with Crippen LogP contribution in [0.4, 0.5) is 0 Å². The molecule has 0 fully saturated rings. The number of benzene rings is 1. The van der Waals surface area contributed by atoms with E-state index >= 15 is 0 Å². The first kappa shape index (κ1) is 19.6. The van der Waals surface area contributed by atoms with Gasteiger partial charge >= 0.3 is 0 Å². The van der Waals surface area contributed by atoms with Crippen molar-refractivity contribution >= 4 is 11.8 Å². The van der Waals surface area contributed by atoms with E-state index in [0.29, 0.717) is 18.8 Å². The van der Waals surface area contributed by atoms with E-state index in [9.17, 15) is 9.59 Å². The molecule has 0 radical (unpaired) electrons. The number of aromatic nitrogens is 2. The summed E-state index contributed by atoms with van der Waals surface area (Å²) in [7, 11) is 0. The molecule has 2 amide bonds. The molecule has 1 aromatic heterocycles. The van der Waals surface area contributed by atoms with Crippen molar-refractivity contribution in [2.45, 2.75) is 39.2 Å². The number of amides is 2. The number of hydrogen-bond acceptors (Lipinski definition) is 4. The Hall–Kier alpha value is -2.76. The van der Waals surface area contributed by atoms with Gasteiger partial charge in [-0.3, -0.25) is 14.6 Å². The van der Waals surface area contributed by atoms with E-state index in [4.69, 9.17) is 0 Å². The number of nitrogens with one attached hydrogen (secondary N) is 1. The van der Waals surface area contributed by atoms with Crippen LogP contribution >= 0.6 is 0 Å². The van der Waals surface area contributed by atoms with Crippen LogP contribution in [-0.4, -0.2) is 45.8 Å². The summed E-state index contributed by atoms with van der Waals surface area (Å²) >= 11 is 0. The van der Waals surface area contributed by atoms with Gasteiger partial charge in [0.2, 0.25) is 5.91 Å². The molecule has 0 aliphatic heterocycles. The van der Waals surface area contributed by atoms with Crippen molar-refractivity contribution in [1.29, 1.82) is 0 Å². The van der Waals surface area contributed by atoms with E-state index < -0.39 is 0 Å². The highest BCUT2D eigenvalue weighted by atomic mass is 16.2. The van der Waals surface area contributed by atoms with Crippen molar-refractivity contribution in [1.82, 2.24) is 20.2 Å². The van der Waals surface area contributed by atoms with Gasteiger partial charge in [-0.25, -0.2) is 4.98 Å². The van der Waals surface area contributed by atoms with Gasteiger partial charge in [-0.15, -0.1) is 0 Å². The van der Waals surface area contributed by atoms with Gasteiger partial charge in [-0.05, 0) is 25.3 Å². The van der Waals surface area contributed by atoms with Gasteiger partial charge in [-0.1, -0.05) is 37.3 Å². The average molecular weight is 354 g/mol. The lowest BCUT2D eigenvalue weighted by Crippen LogP contribution is -2.38. The minimum atomic E-state index is -0.203. The minimum Gasteiger partial charge on any atom is -0.354 e. The van der Waals surface area contributed by atoms with E-state index in [1.165, 1.54) is 18.6 Å². The molecule has 6 heteroatoms. The molecule has 0 aliphatic rings. The minimum absolute atomic E-state index is 0.0454. The van der Waals surface area contributed by atoms with Crippen molar-refractivity contribution in [3.05, 3.63) is 60.2 Å². The molecule has 0 aliphatic carbocycles. The molecule has 138 valence electrons. The Bertz CT molecular complexity index is 691. The Morgan fingerprint density at radius 3 is 2.58 bits per heavy atom. The van der Waals surface area contributed by atoms with E-state index in [2.05, 4.69) is 15.3 Å². The fourth-order valence-corrected chi connectivity index (χ4v) is 2.48. The van der Waals surface area contributed by atoms with Crippen LogP contribution in [0.3, 0.4) is 0 Å². The zero-order valence-corrected chi connectivity index (χ0v) is 15.4. The highest BCUT2D eigenvalue weighted by molar-refractivity contribution is 5.92. The van der Waals surface area contributed by atoms with Gasteiger partial charge < -0.3 is 10.2 Å². The maximum absolute atomic E-state index is 12.7. The quantitative estimate of drug-likeness (QED) is 0.751. The normalized spacial score (nSPS) is 11.6. The zero-order valence-electron chi connectivity index (χ0n) is 15.4. The number of nitrogens with zero attached hydrogens (tertiary/aromatic N) is 3. The van der Waals surface area contributed by atoms with Crippen LogP contribution in [0.2, 0.25) is 0 Å². The summed E-state index contributed by atoms with van der Waals surface area (Å²) in [6.45, 7) is 4.87. The summed E-state index contributed by atoms with van der Waals surface area (Å²) in [5, 5.41) is 2.93. The maximum Gasteiger partial charge on any atom is 0.274 e. The number of carbonyl (C=O) groups is 2. The van der Waals surface area contributed by atoms with Gasteiger partial charge in [0, 0.05) is 37.9 Å². The Balaban J connectivity index is 2.00. The van der Waals surface area contributed by atoms with Crippen molar-refractivity contribution in [3.63, 3.8) is 0 Å². The third-order valence-electron chi connectivity index (χ3n) is 4.21. The lowest BCUT2D eigenvalue weighted by Gasteiger charge is -2.22. The molecule has 1 N–H and O–H groups in total. The monoisotopic (exact) mass is 354 g/mol. The number of hydrogen-bond donors (Lipinski definition) is 1. The molecule has 26 heavy (non-hydrogen) atoms. The summed E-state index contributed by atoms with van der Waals surface area (Å²) in [4.78, 5) is 34.5. The van der Waals surface area contributed by atoms with Gasteiger partial charge in [0.1, 0.15) is 5.69 Å². The predicted molar refractivity (Wildman–Crippen MR) is 101 cm³/mol. The van der Waals surface area contributed by atoms with E-state index in [0.717, 1.165) is 18.4 Å². The molecule has 1 unspecified atom stereocenters. The molecule has 2 rings (SSSR count). The Kier molecular flexibility index (Phi) is 7.74. The standard InChI is InChI=1S/C20H26N4O2/c1-3-16(2)23-19(25)10-14-24(13-9-17-7-5-4-6-8-17)20(26)18-15-21-11-12-22-18/h4-8,11-12,15-16H,3,9-10,13-14H2,1-2H3,(H,23,25). The van der Waals surface area contributed by atoms with Crippen LogP contribution in [0.15, 0.2) is 48.9 Å². The van der Waals surface area contributed by atoms with Gasteiger partial charge in [0.15, 0.2) is 0 Å². The fraction of sp³-hybridized carbons (Fsp3) is 0.400. The van der Waals surface area contributed by atoms with Crippen molar-refractivity contribution in [3.8, 4) is 0 Å². The molecule has 0 spiro atoms. The smallest absolute Gasteiger partial charge is 0.274 e. The highest BCUT2D eigenvalue weighted by Crippen LogP contribution is 2.06. The lowest BCUT2D eigenvalue weighted by atomic mass is 10.1. The second kappa shape index (κ2) is 10.3. The number of rotatable bonds is 9. The van der Waals surface area contributed by atoms with E-state index in [1.54, 1.807) is 4.90 Å². The van der Waals surface area contributed by atoms with E-state index in [1.807, 2.05) is 44.2 Å². The molecule has 6 nitrogen and oxygen atoms in total. The van der Waals surface area contributed by atoms with Gasteiger partial charge in [0.25, 0.3) is 5.91 Å². The number of carbonyl (C=O) groups excluding carboxylic acids is 2. The van der Waals surface area contributed by atoms with E-state index in [-0.39, 0.29) is 24.3 Å². The van der Waals surface area contributed by atoms with Gasteiger partial charge in [0.05, 0.1) is 6.20 Å². The zero-order chi connectivity index (χ0) is 18.8. The molecular formula is C20H26N4O2. The summed E-state index contributed by atoms with van der Waals surface area (Å²) < 4.78 is 0. The first-order valence-corrected chi connectivity index (χ1v) is 8.98. The molecule has 1 atom stereocenters. The second-order valence-electron chi connectivity index (χ2n) is 6.25. The van der Waals surface area contributed by atoms with Crippen LogP contribution in [0.25, 0.3) is 0 Å². The molecule has 0 saturated heterocycles. The SMILES string of the molecule is CCC(C)NC(=O)CCN(CCc1ccccc1)C(=O)c1cnccn1. The van der Waals surface area contributed by atoms with Crippen LogP contribution in [0, 0.1) is 0 Å².